The van der Waals surface area contributed by atoms with Crippen molar-refractivity contribution < 1.29 is 13.9 Å². The first-order valence-corrected chi connectivity index (χ1v) is 10.1. The average Bonchev–Trinajstić information content (AvgIpc) is 3.29. The molecule has 3 heterocycles. The van der Waals surface area contributed by atoms with Gasteiger partial charge in [-0.2, -0.15) is 0 Å². The molecule has 1 saturated heterocycles. The Balaban J connectivity index is 1.34. The molecule has 148 valence electrons. The van der Waals surface area contributed by atoms with Crippen molar-refractivity contribution in [2.24, 2.45) is 0 Å². The minimum Gasteiger partial charge on any atom is -0.408 e. The first kappa shape index (κ1) is 17.9. The van der Waals surface area contributed by atoms with Crippen molar-refractivity contribution in [3.8, 4) is 0 Å². The molecule has 9 heteroatoms. The molecule has 1 fully saturated rings. The number of morpholine rings is 1. The van der Waals surface area contributed by atoms with Crippen LogP contribution in [0.1, 0.15) is 0 Å². The first-order valence-electron chi connectivity index (χ1n) is 9.29. The third kappa shape index (κ3) is 3.50. The molecule has 1 N–H and O–H groups in total. The highest BCUT2D eigenvalue weighted by Crippen LogP contribution is 2.31. The Morgan fingerprint density at radius 2 is 2.00 bits per heavy atom. The monoisotopic (exact) mass is 410 g/mol. The van der Waals surface area contributed by atoms with E-state index in [4.69, 9.17) is 9.15 Å². The van der Waals surface area contributed by atoms with Crippen molar-refractivity contribution in [2.45, 2.75) is 6.54 Å². The maximum atomic E-state index is 12.5. The third-order valence-electron chi connectivity index (χ3n) is 4.82. The number of amides is 1. The van der Waals surface area contributed by atoms with Gasteiger partial charge >= 0.3 is 5.76 Å². The second-order valence-corrected chi connectivity index (χ2v) is 7.76. The van der Waals surface area contributed by atoms with Crippen LogP contribution in [0.25, 0.3) is 21.3 Å². The molecular formula is C20H18N4O4S. The number of carbonyl (C=O) groups is 1. The predicted octanol–water partition coefficient (Wildman–Crippen LogP) is 2.68. The summed E-state index contributed by atoms with van der Waals surface area (Å²) in [6.07, 6.45) is 0. The number of thiazole rings is 1. The summed E-state index contributed by atoms with van der Waals surface area (Å²) < 4.78 is 12.9. The van der Waals surface area contributed by atoms with Gasteiger partial charge in [-0.05, 0) is 30.3 Å². The summed E-state index contributed by atoms with van der Waals surface area (Å²) in [6.45, 7) is 2.96. The van der Waals surface area contributed by atoms with Crippen molar-refractivity contribution >= 4 is 49.4 Å². The van der Waals surface area contributed by atoms with E-state index in [1.807, 2.05) is 18.2 Å². The molecule has 0 radical (unpaired) electrons. The quantitative estimate of drug-likeness (QED) is 0.556. The first-order chi connectivity index (χ1) is 14.2. The van der Waals surface area contributed by atoms with E-state index in [1.165, 1.54) is 4.57 Å². The Hall–Kier alpha value is -3.17. The van der Waals surface area contributed by atoms with Gasteiger partial charge in [-0.15, -0.1) is 0 Å². The Morgan fingerprint density at radius 3 is 2.86 bits per heavy atom. The van der Waals surface area contributed by atoms with Crippen LogP contribution < -0.4 is 16.0 Å². The van der Waals surface area contributed by atoms with Crippen LogP contribution in [0, 0.1) is 0 Å². The number of nitrogens with zero attached hydrogens (tertiary/aromatic N) is 3. The van der Waals surface area contributed by atoms with Crippen molar-refractivity contribution in [3.05, 3.63) is 53.0 Å². The van der Waals surface area contributed by atoms with Crippen LogP contribution in [0.4, 0.5) is 10.8 Å². The number of oxazole rings is 1. The highest BCUT2D eigenvalue weighted by atomic mass is 32.1. The summed E-state index contributed by atoms with van der Waals surface area (Å²) in [4.78, 5) is 31.5. The molecule has 4 aromatic rings. The highest BCUT2D eigenvalue weighted by molar-refractivity contribution is 7.22. The molecule has 2 aromatic carbocycles. The van der Waals surface area contributed by atoms with E-state index >= 15 is 0 Å². The number of hydrogen-bond donors (Lipinski definition) is 1. The van der Waals surface area contributed by atoms with E-state index in [-0.39, 0.29) is 12.5 Å². The van der Waals surface area contributed by atoms with Crippen LogP contribution in [-0.4, -0.2) is 41.8 Å². The number of hydrogen-bond acceptors (Lipinski definition) is 7. The highest BCUT2D eigenvalue weighted by Gasteiger charge is 2.16. The lowest BCUT2D eigenvalue weighted by atomic mass is 10.3. The molecule has 0 spiro atoms. The number of aromatic nitrogens is 2. The van der Waals surface area contributed by atoms with Crippen LogP contribution in [-0.2, 0) is 16.1 Å². The Labute approximate surface area is 169 Å². The van der Waals surface area contributed by atoms with Crippen LogP contribution in [0.15, 0.2) is 51.7 Å². The Morgan fingerprint density at radius 1 is 1.17 bits per heavy atom. The summed E-state index contributed by atoms with van der Waals surface area (Å²) in [6, 6.07) is 12.7. The van der Waals surface area contributed by atoms with Gasteiger partial charge in [-0.1, -0.05) is 23.5 Å². The van der Waals surface area contributed by atoms with E-state index in [1.54, 1.807) is 35.6 Å². The lowest BCUT2D eigenvalue weighted by molar-refractivity contribution is -0.116. The second kappa shape index (κ2) is 7.34. The van der Waals surface area contributed by atoms with E-state index in [0.717, 1.165) is 28.4 Å². The fraction of sp³-hybridized carbons (Fsp3) is 0.250. The minimum absolute atomic E-state index is 0.115. The fourth-order valence-corrected chi connectivity index (χ4v) is 4.44. The molecule has 1 aliphatic rings. The second-order valence-electron chi connectivity index (χ2n) is 6.75. The summed E-state index contributed by atoms with van der Waals surface area (Å²) in [5.74, 6) is -0.842. The SMILES string of the molecule is O=C(Cn1c(=O)oc2ccccc21)Nc1ccc2nc(N3CCOCC3)sc2c1. The third-order valence-corrected chi connectivity index (χ3v) is 5.90. The van der Waals surface area contributed by atoms with Crippen LogP contribution in [0.2, 0.25) is 0 Å². The van der Waals surface area contributed by atoms with Crippen molar-refractivity contribution in [2.75, 3.05) is 36.5 Å². The zero-order valence-corrected chi connectivity index (χ0v) is 16.3. The number of para-hydroxylation sites is 2. The molecule has 29 heavy (non-hydrogen) atoms. The number of rotatable bonds is 4. The van der Waals surface area contributed by atoms with Gasteiger partial charge in [0.05, 0.1) is 28.9 Å². The largest absolute Gasteiger partial charge is 0.420 e. The molecule has 8 nitrogen and oxygen atoms in total. The van der Waals surface area contributed by atoms with Gasteiger partial charge in [0.1, 0.15) is 6.54 Å². The predicted molar refractivity (Wildman–Crippen MR) is 112 cm³/mol. The Kier molecular flexibility index (Phi) is 4.53. The molecule has 1 aliphatic heterocycles. The van der Waals surface area contributed by atoms with Crippen molar-refractivity contribution in [1.29, 1.82) is 0 Å². The van der Waals surface area contributed by atoms with Crippen LogP contribution >= 0.6 is 11.3 Å². The van der Waals surface area contributed by atoms with Gasteiger partial charge in [0.25, 0.3) is 0 Å². The summed E-state index contributed by atoms with van der Waals surface area (Å²) in [5.41, 5.74) is 2.62. The van der Waals surface area contributed by atoms with Crippen LogP contribution in [0.3, 0.4) is 0 Å². The van der Waals surface area contributed by atoms with E-state index in [0.29, 0.717) is 30.0 Å². The smallest absolute Gasteiger partial charge is 0.408 e. The molecule has 0 aliphatic carbocycles. The van der Waals surface area contributed by atoms with E-state index < -0.39 is 5.76 Å². The summed E-state index contributed by atoms with van der Waals surface area (Å²) >= 11 is 1.59. The number of benzene rings is 2. The molecule has 0 saturated carbocycles. The molecule has 2 aromatic heterocycles. The Bertz CT molecular complexity index is 1250. The lowest BCUT2D eigenvalue weighted by Crippen LogP contribution is -2.36. The van der Waals surface area contributed by atoms with Crippen molar-refractivity contribution in [1.82, 2.24) is 9.55 Å². The van der Waals surface area contributed by atoms with Gasteiger partial charge < -0.3 is 19.4 Å². The molecular weight excluding hydrogens is 392 g/mol. The zero-order valence-electron chi connectivity index (χ0n) is 15.5. The topological polar surface area (TPSA) is 89.6 Å². The number of anilines is 2. The maximum Gasteiger partial charge on any atom is 0.420 e. The molecule has 0 unspecified atom stereocenters. The number of nitrogens with one attached hydrogen (secondary N) is 1. The summed E-state index contributed by atoms with van der Waals surface area (Å²) in [7, 11) is 0. The lowest BCUT2D eigenvalue weighted by Gasteiger charge is -2.25. The van der Waals surface area contributed by atoms with Crippen LogP contribution in [0.5, 0.6) is 0 Å². The van der Waals surface area contributed by atoms with Crippen molar-refractivity contribution in [3.63, 3.8) is 0 Å². The number of carbonyl (C=O) groups excluding carboxylic acids is 1. The molecule has 0 atom stereocenters. The molecule has 0 bridgehead atoms. The minimum atomic E-state index is -0.547. The van der Waals surface area contributed by atoms with E-state index in [9.17, 15) is 9.59 Å². The standard InChI is InChI=1S/C20H18N4O4S/c25-18(12-24-15-3-1-2-4-16(15)28-20(24)26)21-13-5-6-14-17(11-13)29-19(22-14)23-7-9-27-10-8-23/h1-6,11H,7-10,12H2,(H,21,25). The fourth-order valence-electron chi connectivity index (χ4n) is 3.39. The van der Waals surface area contributed by atoms with Gasteiger partial charge in [0.15, 0.2) is 10.7 Å². The van der Waals surface area contributed by atoms with Gasteiger partial charge in [-0.3, -0.25) is 9.36 Å². The van der Waals surface area contributed by atoms with Gasteiger partial charge in [-0.25, -0.2) is 9.78 Å². The number of fused-ring (bicyclic) bond motifs is 2. The average molecular weight is 410 g/mol. The molecule has 5 rings (SSSR count). The summed E-state index contributed by atoms with van der Waals surface area (Å²) in [5, 5.41) is 3.82. The van der Waals surface area contributed by atoms with Gasteiger partial charge in [0, 0.05) is 18.8 Å². The maximum absolute atomic E-state index is 12.5. The molecule has 1 amide bonds. The number of ether oxygens (including phenoxy) is 1. The zero-order chi connectivity index (χ0) is 19.8. The van der Waals surface area contributed by atoms with Gasteiger partial charge in [0.2, 0.25) is 5.91 Å². The normalized spacial score (nSPS) is 14.6. The van der Waals surface area contributed by atoms with E-state index in [2.05, 4.69) is 15.2 Å².